The number of carbonyl (C=O) groups excluding carboxylic acids is 3. The van der Waals surface area contributed by atoms with Crippen molar-refractivity contribution < 1.29 is 24.0 Å². The lowest BCUT2D eigenvalue weighted by Crippen LogP contribution is -2.33. The summed E-state index contributed by atoms with van der Waals surface area (Å²) in [6, 6.07) is 6.31. The van der Waals surface area contributed by atoms with Crippen LogP contribution in [0.25, 0.3) is 0 Å². The maximum Gasteiger partial charge on any atom is 0.381 e. The Bertz CT molecular complexity index is 806. The van der Waals surface area contributed by atoms with Crippen molar-refractivity contribution in [3.05, 3.63) is 53.1 Å². The van der Waals surface area contributed by atoms with Crippen LogP contribution in [0.3, 0.4) is 0 Å². The van der Waals surface area contributed by atoms with Gasteiger partial charge in [-0.15, -0.1) is 0 Å². The predicted octanol–water partition coefficient (Wildman–Crippen LogP) is 0.781. The molecule has 1 aromatic heterocycles. The number of carbonyl (C=O) groups is 3. The minimum atomic E-state index is -0.805. The number of ether oxygens (including phenoxy) is 1. The molecular weight excluding hydrogens is 302 g/mol. The number of imidazole rings is 1. The van der Waals surface area contributed by atoms with Crippen LogP contribution in [0.1, 0.15) is 37.0 Å². The van der Waals surface area contributed by atoms with Crippen LogP contribution >= 0.6 is 0 Å². The quantitative estimate of drug-likeness (QED) is 0.761. The molecule has 0 saturated heterocycles. The second-order valence-electron chi connectivity index (χ2n) is 5.09. The van der Waals surface area contributed by atoms with Crippen molar-refractivity contribution in [1.29, 1.82) is 0 Å². The van der Waals surface area contributed by atoms with Gasteiger partial charge in [0.1, 0.15) is 18.1 Å². The Morgan fingerprint density at radius 1 is 1.17 bits per heavy atom. The van der Waals surface area contributed by atoms with Gasteiger partial charge in [0.05, 0.1) is 23.9 Å². The molecule has 0 unspecified atom stereocenters. The molecule has 23 heavy (non-hydrogen) atoms. The van der Waals surface area contributed by atoms with Gasteiger partial charge in [0.15, 0.2) is 0 Å². The van der Waals surface area contributed by atoms with E-state index in [1.807, 2.05) is 0 Å². The third-order valence-electron chi connectivity index (χ3n) is 3.77. The molecule has 2 aromatic rings. The van der Waals surface area contributed by atoms with Gasteiger partial charge in [0.2, 0.25) is 0 Å². The van der Waals surface area contributed by atoms with Gasteiger partial charge >= 0.3 is 5.97 Å². The molecule has 8 heteroatoms. The van der Waals surface area contributed by atoms with Gasteiger partial charge in [-0.2, -0.15) is 0 Å². The van der Waals surface area contributed by atoms with Crippen LogP contribution in [0.2, 0.25) is 0 Å². The molecule has 0 spiro atoms. The van der Waals surface area contributed by atoms with Crippen LogP contribution in [0.5, 0.6) is 0 Å². The highest BCUT2D eigenvalue weighted by molar-refractivity contribution is 6.21. The summed E-state index contributed by atoms with van der Waals surface area (Å²) in [5.41, 5.74) is 0.614. The summed E-state index contributed by atoms with van der Waals surface area (Å²) in [5, 5.41) is 0.492. The Labute approximate surface area is 130 Å². The number of hydrogen-bond acceptors (Lipinski definition) is 6. The summed E-state index contributed by atoms with van der Waals surface area (Å²) >= 11 is 0. The lowest BCUT2D eigenvalue weighted by molar-refractivity contribution is -0.0594. The van der Waals surface area contributed by atoms with E-state index in [-0.39, 0.29) is 16.8 Å². The van der Waals surface area contributed by atoms with Crippen LogP contribution < -0.4 is 0 Å². The number of aromatic nitrogens is 2. The summed E-state index contributed by atoms with van der Waals surface area (Å²) in [7, 11) is 0. The van der Waals surface area contributed by atoms with Gasteiger partial charge < -0.3 is 14.1 Å². The van der Waals surface area contributed by atoms with Crippen LogP contribution in [-0.4, -0.2) is 39.0 Å². The molecule has 0 atom stereocenters. The number of imide groups is 1. The molecule has 2 aliphatic heterocycles. The second kappa shape index (κ2) is 5.03. The molecule has 1 aromatic carbocycles. The Morgan fingerprint density at radius 3 is 2.57 bits per heavy atom. The lowest BCUT2D eigenvalue weighted by atomic mass is 10.1. The number of hydrogen-bond donors (Lipinski definition) is 0. The SMILES string of the molecule is O=C(ON1C(=O)c2ccccc2C1=O)c1cnc2n1CCOC2. The average Bonchev–Trinajstić information content (AvgIpc) is 3.11. The maximum atomic E-state index is 12.3. The molecular formula is C15H11N3O5. The van der Waals surface area contributed by atoms with E-state index in [2.05, 4.69) is 4.98 Å². The van der Waals surface area contributed by atoms with Crippen molar-refractivity contribution in [2.24, 2.45) is 0 Å². The molecule has 0 saturated carbocycles. The minimum absolute atomic E-state index is 0.180. The van der Waals surface area contributed by atoms with Crippen LogP contribution in [-0.2, 0) is 22.7 Å². The Balaban J connectivity index is 1.60. The predicted molar refractivity (Wildman–Crippen MR) is 74.2 cm³/mol. The standard InChI is InChI=1S/C15H11N3O5/c19-13-9-3-1-2-4-10(9)14(20)18(13)23-15(21)11-7-16-12-8-22-6-5-17(11)12/h1-4,7H,5-6,8H2. The van der Waals surface area contributed by atoms with Crippen molar-refractivity contribution >= 4 is 17.8 Å². The van der Waals surface area contributed by atoms with Gasteiger partial charge in [-0.1, -0.05) is 17.2 Å². The fourth-order valence-electron chi connectivity index (χ4n) is 2.64. The zero-order chi connectivity index (χ0) is 16.0. The monoisotopic (exact) mass is 313 g/mol. The van der Waals surface area contributed by atoms with E-state index in [0.29, 0.717) is 30.6 Å². The van der Waals surface area contributed by atoms with Crippen molar-refractivity contribution in [3.63, 3.8) is 0 Å². The van der Waals surface area contributed by atoms with Crippen molar-refractivity contribution in [3.8, 4) is 0 Å². The molecule has 4 rings (SSSR count). The van der Waals surface area contributed by atoms with Crippen LogP contribution in [0.15, 0.2) is 30.5 Å². The highest BCUT2D eigenvalue weighted by Crippen LogP contribution is 2.23. The number of rotatable bonds is 2. The van der Waals surface area contributed by atoms with E-state index in [1.54, 1.807) is 16.7 Å². The Hall–Kier alpha value is -3.00. The second-order valence-corrected chi connectivity index (χ2v) is 5.09. The van der Waals surface area contributed by atoms with Crippen LogP contribution in [0, 0.1) is 0 Å². The Morgan fingerprint density at radius 2 is 1.87 bits per heavy atom. The summed E-state index contributed by atoms with van der Waals surface area (Å²) < 4.78 is 6.90. The molecule has 2 amide bonds. The lowest BCUT2D eigenvalue weighted by Gasteiger charge is -2.17. The minimum Gasteiger partial charge on any atom is -0.372 e. The summed E-state index contributed by atoms with van der Waals surface area (Å²) in [6.07, 6.45) is 1.35. The first-order chi connectivity index (χ1) is 11.2. The third-order valence-corrected chi connectivity index (χ3v) is 3.77. The molecule has 2 aliphatic rings. The number of fused-ring (bicyclic) bond motifs is 2. The van der Waals surface area contributed by atoms with Gasteiger partial charge in [0, 0.05) is 6.54 Å². The van der Waals surface area contributed by atoms with Gasteiger partial charge in [-0.25, -0.2) is 9.78 Å². The van der Waals surface area contributed by atoms with Crippen LogP contribution in [0.4, 0.5) is 0 Å². The molecule has 0 N–H and O–H groups in total. The van der Waals surface area contributed by atoms with E-state index >= 15 is 0 Å². The summed E-state index contributed by atoms with van der Waals surface area (Å²) in [6.45, 7) is 1.22. The van der Waals surface area contributed by atoms with Gasteiger partial charge in [-0.05, 0) is 12.1 Å². The van der Waals surface area contributed by atoms with Crippen molar-refractivity contribution in [2.75, 3.05) is 6.61 Å². The van der Waals surface area contributed by atoms with E-state index in [1.165, 1.54) is 18.3 Å². The summed E-state index contributed by atoms with van der Waals surface area (Å²) in [5.74, 6) is -1.51. The zero-order valence-electron chi connectivity index (χ0n) is 11.9. The fraction of sp³-hybridized carbons (Fsp3) is 0.200. The number of hydroxylamine groups is 2. The van der Waals surface area contributed by atoms with E-state index < -0.39 is 17.8 Å². The van der Waals surface area contributed by atoms with E-state index in [4.69, 9.17) is 9.57 Å². The molecule has 8 nitrogen and oxygen atoms in total. The Kier molecular flexibility index (Phi) is 2.98. The largest absolute Gasteiger partial charge is 0.381 e. The number of nitrogens with zero attached hydrogens (tertiary/aromatic N) is 3. The molecule has 0 fully saturated rings. The van der Waals surface area contributed by atoms with Gasteiger partial charge in [-0.3, -0.25) is 9.59 Å². The fourth-order valence-corrected chi connectivity index (χ4v) is 2.64. The highest BCUT2D eigenvalue weighted by atomic mass is 16.7. The summed E-state index contributed by atoms with van der Waals surface area (Å²) in [4.78, 5) is 45.8. The first-order valence-corrected chi connectivity index (χ1v) is 6.99. The first-order valence-electron chi connectivity index (χ1n) is 6.99. The maximum absolute atomic E-state index is 12.3. The van der Waals surface area contributed by atoms with E-state index in [0.717, 1.165) is 0 Å². The molecule has 3 heterocycles. The average molecular weight is 313 g/mol. The normalized spacial score (nSPS) is 16.3. The van der Waals surface area contributed by atoms with Crippen molar-refractivity contribution in [2.45, 2.75) is 13.2 Å². The smallest absolute Gasteiger partial charge is 0.372 e. The molecule has 116 valence electrons. The third kappa shape index (κ3) is 2.03. The van der Waals surface area contributed by atoms with Gasteiger partial charge in [0.25, 0.3) is 11.8 Å². The molecule has 0 radical (unpaired) electrons. The van der Waals surface area contributed by atoms with Crippen molar-refractivity contribution in [1.82, 2.24) is 14.6 Å². The highest BCUT2D eigenvalue weighted by Gasteiger charge is 2.39. The molecule has 0 bridgehead atoms. The first kappa shape index (κ1) is 13.6. The topological polar surface area (TPSA) is 90.7 Å². The molecule has 0 aliphatic carbocycles. The zero-order valence-corrected chi connectivity index (χ0v) is 11.9. The number of amides is 2. The van der Waals surface area contributed by atoms with E-state index in [9.17, 15) is 14.4 Å². The number of benzene rings is 1.